The summed E-state index contributed by atoms with van der Waals surface area (Å²) in [5.74, 6) is -1.50. The molecule has 0 bridgehead atoms. The predicted octanol–water partition coefficient (Wildman–Crippen LogP) is 5.30. The quantitative estimate of drug-likeness (QED) is 0.267. The number of rotatable bonds is 8. The number of benzene rings is 1. The highest BCUT2D eigenvalue weighted by Gasteiger charge is 2.27. The summed E-state index contributed by atoms with van der Waals surface area (Å²) >= 11 is 0. The van der Waals surface area contributed by atoms with Crippen molar-refractivity contribution in [1.29, 1.82) is 0 Å². The number of hydrogen-bond acceptors (Lipinski definition) is 3. The Morgan fingerprint density at radius 2 is 1.16 bits per heavy atom. The Balaban J connectivity index is -0.000000116. The van der Waals surface area contributed by atoms with E-state index < -0.39 is 11.8 Å². The van der Waals surface area contributed by atoms with Crippen molar-refractivity contribution in [3.8, 4) is 5.75 Å². The van der Waals surface area contributed by atoms with Gasteiger partial charge in [0.15, 0.2) is 0 Å². The zero-order valence-corrected chi connectivity index (χ0v) is 22.9. The van der Waals surface area contributed by atoms with Crippen LogP contribution in [-0.2, 0) is 40.2 Å². The van der Waals surface area contributed by atoms with Crippen LogP contribution >= 0.6 is 0 Å². The summed E-state index contributed by atoms with van der Waals surface area (Å²) in [5, 5.41) is 61.8. The van der Waals surface area contributed by atoms with E-state index >= 15 is 0 Å². The number of unbranched alkanes of at least 4 members (excludes halogenated alkanes) is 1. The first-order valence-electron chi connectivity index (χ1n) is 11.4. The van der Waals surface area contributed by atoms with E-state index in [2.05, 4.69) is 55.4 Å². The van der Waals surface area contributed by atoms with Crippen LogP contribution in [0.25, 0.3) is 0 Å². The van der Waals surface area contributed by atoms with E-state index in [1.807, 2.05) is 30.3 Å². The lowest BCUT2D eigenvalue weighted by molar-refractivity contribution is -0.134. The predicted molar refractivity (Wildman–Crippen MR) is 143 cm³/mol. The van der Waals surface area contributed by atoms with Crippen LogP contribution in [0, 0.1) is 48.5 Å². The maximum Gasteiger partial charge on any atom is 0.334 e. The van der Waals surface area contributed by atoms with E-state index in [9.17, 15) is 4.79 Å². The molecule has 217 valence electrons. The minimum Gasteiger partial charge on any atom is -0.478 e. The molecule has 1 aromatic carbocycles. The lowest BCUT2D eigenvalue weighted by Crippen LogP contribution is -2.34. The first-order valence-corrected chi connectivity index (χ1v) is 11.4. The van der Waals surface area contributed by atoms with Crippen molar-refractivity contribution in [2.75, 3.05) is 39.6 Å². The lowest BCUT2D eigenvalue weighted by atomic mass is 10.1. The standard InChI is InChI=1S/C16H21O4.6C2H4O/c1-4-5-11-16(3,19-12-13(2)15(17)18)20-14-9-7-6-8-10-14;6*1-2-3/h6-10,12H,3-5,11H2,1-2H3,(H,17,18);6*1-2H2. The molecule has 1 unspecified atom stereocenters. The van der Waals surface area contributed by atoms with Gasteiger partial charge in [-0.1, -0.05) is 31.5 Å². The molecule has 0 aromatic heterocycles. The van der Waals surface area contributed by atoms with E-state index in [0.717, 1.165) is 12.8 Å². The molecule has 13 radical (unpaired) electrons. The van der Waals surface area contributed by atoms with Crippen LogP contribution < -0.4 is 4.74 Å². The third-order valence-electron chi connectivity index (χ3n) is 2.75. The van der Waals surface area contributed by atoms with Gasteiger partial charge in [-0.05, 0) is 67.0 Å². The van der Waals surface area contributed by atoms with Crippen molar-refractivity contribution in [3.05, 3.63) is 90.6 Å². The van der Waals surface area contributed by atoms with Crippen LogP contribution in [0.3, 0.4) is 0 Å². The summed E-state index contributed by atoms with van der Waals surface area (Å²) in [4.78, 5) is 10.8. The molecule has 0 aliphatic heterocycles. The van der Waals surface area contributed by atoms with Gasteiger partial charge in [0.25, 0.3) is 5.79 Å². The van der Waals surface area contributed by atoms with Crippen LogP contribution in [0.15, 0.2) is 42.2 Å². The van der Waals surface area contributed by atoms with E-state index in [4.69, 9.17) is 45.2 Å². The molecule has 0 spiro atoms. The minimum atomic E-state index is -1.12. The second-order valence-electron chi connectivity index (χ2n) is 5.88. The van der Waals surface area contributed by atoms with Gasteiger partial charge in [0.05, 0.1) is 51.5 Å². The lowest BCUT2D eigenvalue weighted by Gasteiger charge is -2.29. The highest BCUT2D eigenvalue weighted by atomic mass is 16.7. The molecule has 0 saturated heterocycles. The fourth-order valence-corrected chi connectivity index (χ4v) is 1.53. The molecule has 0 aliphatic carbocycles. The number of hydrogen-bond donors (Lipinski definition) is 1. The van der Waals surface area contributed by atoms with E-state index in [0.29, 0.717) is 12.2 Å². The first kappa shape index (κ1) is 48.8. The summed E-state index contributed by atoms with van der Waals surface area (Å²) in [6, 6.07) is 9.22. The normalized spacial score (nSPS) is 10.4. The first-order chi connectivity index (χ1) is 18.0. The summed E-state index contributed by atoms with van der Waals surface area (Å²) in [6.07, 6.45) is 3.60. The molecule has 0 heterocycles. The van der Waals surface area contributed by atoms with Gasteiger partial charge in [-0.2, -0.15) is 0 Å². The van der Waals surface area contributed by atoms with Crippen LogP contribution in [0.4, 0.5) is 0 Å². The van der Waals surface area contributed by atoms with Crippen LogP contribution in [0.1, 0.15) is 33.1 Å². The molecule has 1 aromatic rings. The van der Waals surface area contributed by atoms with E-state index in [1.54, 1.807) is 0 Å². The molecular formula is C28H45O10. The van der Waals surface area contributed by atoms with Crippen LogP contribution in [0.5, 0.6) is 5.75 Å². The van der Waals surface area contributed by atoms with Crippen molar-refractivity contribution >= 4 is 5.97 Å². The van der Waals surface area contributed by atoms with Crippen molar-refractivity contribution in [2.24, 2.45) is 0 Å². The van der Waals surface area contributed by atoms with Gasteiger partial charge >= 0.3 is 5.97 Å². The molecular weight excluding hydrogens is 496 g/mol. The van der Waals surface area contributed by atoms with Crippen molar-refractivity contribution in [2.45, 2.75) is 38.9 Å². The van der Waals surface area contributed by atoms with Gasteiger partial charge in [-0.25, -0.2) is 35.4 Å². The zero-order chi connectivity index (χ0) is 31.3. The Kier molecular flexibility index (Phi) is 57.5. The molecule has 1 N–H and O–H groups in total. The van der Waals surface area contributed by atoms with Gasteiger partial charge < -0.3 is 14.6 Å². The number of para-hydroxylation sites is 1. The zero-order valence-electron chi connectivity index (χ0n) is 22.9. The Morgan fingerprint density at radius 1 is 0.816 bits per heavy atom. The molecule has 0 saturated carbocycles. The van der Waals surface area contributed by atoms with Crippen molar-refractivity contribution in [3.63, 3.8) is 0 Å². The Bertz CT molecular complexity index is 538. The number of aliphatic carboxylic acids is 1. The summed E-state index contributed by atoms with van der Waals surface area (Å²) in [7, 11) is 0. The molecule has 38 heavy (non-hydrogen) atoms. The number of carboxylic acids is 1. The molecule has 10 nitrogen and oxygen atoms in total. The maximum atomic E-state index is 10.8. The van der Waals surface area contributed by atoms with Gasteiger partial charge in [0.2, 0.25) is 0 Å². The largest absolute Gasteiger partial charge is 0.478 e. The van der Waals surface area contributed by atoms with E-state index in [1.165, 1.54) is 13.2 Å². The molecule has 1 atom stereocenters. The van der Waals surface area contributed by atoms with Gasteiger partial charge in [0, 0.05) is 13.3 Å². The number of carboxylic acid groups (broad SMARTS) is 1. The van der Waals surface area contributed by atoms with Crippen molar-refractivity contribution < 1.29 is 50.0 Å². The fourth-order valence-electron chi connectivity index (χ4n) is 1.53. The summed E-state index contributed by atoms with van der Waals surface area (Å²) in [5.41, 5.74) is 0.103. The maximum absolute atomic E-state index is 10.8. The monoisotopic (exact) mass is 541 g/mol. The average Bonchev–Trinajstić information content (AvgIpc) is 2.85. The van der Waals surface area contributed by atoms with Gasteiger partial charge in [-0.15, -0.1) is 0 Å². The average molecular weight is 542 g/mol. The molecule has 0 amide bonds. The highest BCUT2D eigenvalue weighted by molar-refractivity contribution is 5.85. The van der Waals surface area contributed by atoms with E-state index in [-0.39, 0.29) is 45.2 Å². The summed E-state index contributed by atoms with van der Waals surface area (Å²) in [6.45, 7) is 23.6. The SMILES string of the molecule is [CH2]C(CCCC)(OC=C(C)C(=O)O)Oc1ccccc1.[CH2]C[O].[CH2]C[O].[CH2]C[O].[CH2]C[O].[CH2]C[O].[CH2]C[O]. The second kappa shape index (κ2) is 44.8. The third kappa shape index (κ3) is 54.6. The highest BCUT2D eigenvalue weighted by Crippen LogP contribution is 2.24. The topological polar surface area (TPSA) is 175 Å². The Morgan fingerprint density at radius 3 is 1.45 bits per heavy atom. The molecule has 1 rings (SSSR count). The van der Waals surface area contributed by atoms with Gasteiger partial charge in [0.1, 0.15) is 5.75 Å². The number of ether oxygens (including phenoxy) is 2. The Hall–Kier alpha value is -2.21. The minimum absolute atomic E-state index is 0.103. The smallest absolute Gasteiger partial charge is 0.334 e. The molecule has 0 fully saturated rings. The molecule has 0 aliphatic rings. The van der Waals surface area contributed by atoms with Crippen LogP contribution in [0.2, 0.25) is 0 Å². The summed E-state index contributed by atoms with van der Waals surface area (Å²) < 4.78 is 11.2. The van der Waals surface area contributed by atoms with Crippen molar-refractivity contribution in [1.82, 2.24) is 0 Å². The van der Waals surface area contributed by atoms with Crippen LogP contribution in [-0.4, -0.2) is 56.5 Å². The fraction of sp³-hybridized carbons (Fsp3) is 0.429. The second-order valence-corrected chi connectivity index (χ2v) is 5.88. The van der Waals surface area contributed by atoms with Gasteiger partial charge in [-0.3, -0.25) is 0 Å². The third-order valence-corrected chi connectivity index (χ3v) is 2.75. The molecule has 10 heteroatoms. The Labute approximate surface area is 231 Å². The number of carbonyl (C=O) groups is 1.